The number of hydrogen-bond donors (Lipinski definition) is 2. The van der Waals surface area contributed by atoms with Gasteiger partial charge in [-0.2, -0.15) is 18.7 Å². The van der Waals surface area contributed by atoms with Crippen LogP contribution in [-0.4, -0.2) is 54.9 Å². The Labute approximate surface area is 174 Å². The average Bonchev–Trinajstić information content (AvgIpc) is 3.10. The first-order valence-electron chi connectivity index (χ1n) is 8.84. The normalized spacial score (nSPS) is 11.2. The second-order valence-corrected chi connectivity index (χ2v) is 7.61. The number of aromatic nitrogens is 5. The molecule has 0 saturated carbocycles. The maximum Gasteiger partial charge on any atom is 0.288 e. The first-order chi connectivity index (χ1) is 14.0. The van der Waals surface area contributed by atoms with Crippen molar-refractivity contribution in [1.29, 1.82) is 0 Å². The predicted molar refractivity (Wildman–Crippen MR) is 110 cm³/mol. The summed E-state index contributed by atoms with van der Waals surface area (Å²) in [5.74, 6) is -1.58. The Hall–Kier alpha value is -2.47. The van der Waals surface area contributed by atoms with Crippen LogP contribution in [0.1, 0.15) is 24.2 Å². The van der Waals surface area contributed by atoms with E-state index in [1.54, 1.807) is 22.6 Å². The molecule has 3 aromatic rings. The lowest BCUT2D eigenvalue weighted by Crippen LogP contribution is -2.12. The third-order valence-electron chi connectivity index (χ3n) is 3.65. The quantitative estimate of drug-likeness (QED) is 0.362. The predicted octanol–water partition coefficient (Wildman–Crippen LogP) is 3.67. The third kappa shape index (κ3) is 5.12. The van der Waals surface area contributed by atoms with Crippen LogP contribution in [0.4, 0.5) is 20.7 Å². The number of thioether (sulfide) groups is 2. The van der Waals surface area contributed by atoms with Crippen molar-refractivity contribution < 1.29 is 13.6 Å². The number of nitrogens with one attached hydrogen (secondary N) is 2. The fourth-order valence-electron chi connectivity index (χ4n) is 2.50. The molecule has 0 atom stereocenters. The molecule has 1 aromatic carbocycles. The Morgan fingerprint density at radius 1 is 1.14 bits per heavy atom. The van der Waals surface area contributed by atoms with Gasteiger partial charge in [0.25, 0.3) is 11.5 Å². The lowest BCUT2D eigenvalue weighted by molar-refractivity contribution is 0.101. The van der Waals surface area contributed by atoms with Crippen LogP contribution in [0.2, 0.25) is 0 Å². The number of fused-ring (bicyclic) bond motifs is 1. The molecule has 29 heavy (non-hydrogen) atoms. The van der Waals surface area contributed by atoms with E-state index in [1.165, 1.54) is 6.07 Å². The highest BCUT2D eigenvalue weighted by Gasteiger charge is 2.19. The van der Waals surface area contributed by atoms with E-state index in [1.807, 2.05) is 13.8 Å². The summed E-state index contributed by atoms with van der Waals surface area (Å²) in [6, 6.07) is 6.34. The fraction of sp³-hybridized carbons (Fsp3) is 0.353. The number of Topliss-reactive ketones (excluding diaryl/α,β-unsaturated/α-hetero) is 1. The van der Waals surface area contributed by atoms with E-state index < -0.39 is 5.76 Å². The number of benzene rings is 1. The van der Waals surface area contributed by atoms with Crippen LogP contribution in [0.25, 0.3) is 5.78 Å². The van der Waals surface area contributed by atoms with Crippen molar-refractivity contribution in [3.63, 3.8) is 0 Å². The number of anilines is 2. The maximum absolute atomic E-state index is 12.8. The van der Waals surface area contributed by atoms with Crippen LogP contribution in [0.3, 0.4) is 0 Å². The monoisotopic (exact) mass is 439 g/mol. The molecule has 2 heterocycles. The van der Waals surface area contributed by atoms with Crippen molar-refractivity contribution in [2.45, 2.75) is 29.7 Å². The molecular formula is C17H19F2N7OS2. The third-order valence-corrected chi connectivity index (χ3v) is 5.37. The van der Waals surface area contributed by atoms with Gasteiger partial charge in [0.15, 0.2) is 10.9 Å². The SMILES string of the molecule is CCNc1nc(NCC)n2c(SCC(=O)c3ccccc3SC(F)F)nnc2n1. The van der Waals surface area contributed by atoms with Crippen molar-refractivity contribution in [2.24, 2.45) is 0 Å². The largest absolute Gasteiger partial charge is 0.355 e. The van der Waals surface area contributed by atoms with Gasteiger partial charge in [0.05, 0.1) is 5.75 Å². The van der Waals surface area contributed by atoms with Crippen molar-refractivity contribution >= 4 is 47.0 Å². The minimum atomic E-state index is -2.59. The molecule has 0 spiro atoms. The van der Waals surface area contributed by atoms with Crippen molar-refractivity contribution in [3.8, 4) is 0 Å². The summed E-state index contributed by atoms with van der Waals surface area (Å²) in [5, 5.41) is 14.8. The van der Waals surface area contributed by atoms with E-state index in [-0.39, 0.29) is 22.0 Å². The minimum Gasteiger partial charge on any atom is -0.355 e. The summed E-state index contributed by atoms with van der Waals surface area (Å²) in [5.41, 5.74) is 0.261. The van der Waals surface area contributed by atoms with Crippen molar-refractivity contribution in [3.05, 3.63) is 29.8 Å². The second kappa shape index (κ2) is 9.83. The first kappa shape index (κ1) is 21.2. The van der Waals surface area contributed by atoms with Crippen molar-refractivity contribution in [1.82, 2.24) is 24.6 Å². The van der Waals surface area contributed by atoms with Crippen LogP contribution in [-0.2, 0) is 0 Å². The molecule has 0 fully saturated rings. The average molecular weight is 440 g/mol. The molecule has 3 rings (SSSR count). The molecule has 8 nitrogen and oxygen atoms in total. The van der Waals surface area contributed by atoms with Gasteiger partial charge in [-0.1, -0.05) is 41.7 Å². The molecular weight excluding hydrogens is 420 g/mol. The van der Waals surface area contributed by atoms with E-state index in [0.717, 1.165) is 11.8 Å². The Balaban J connectivity index is 1.83. The summed E-state index contributed by atoms with van der Waals surface area (Å²) < 4.78 is 27.1. The molecule has 0 unspecified atom stereocenters. The summed E-state index contributed by atoms with van der Waals surface area (Å²) in [6.45, 7) is 5.14. The lowest BCUT2D eigenvalue weighted by atomic mass is 10.1. The molecule has 0 radical (unpaired) electrons. The Kier molecular flexibility index (Phi) is 7.20. The van der Waals surface area contributed by atoms with Gasteiger partial charge in [-0.05, 0) is 19.9 Å². The second-order valence-electron chi connectivity index (χ2n) is 5.64. The van der Waals surface area contributed by atoms with Gasteiger partial charge in [0.2, 0.25) is 11.9 Å². The highest BCUT2D eigenvalue weighted by atomic mass is 32.2. The molecule has 154 valence electrons. The van der Waals surface area contributed by atoms with Gasteiger partial charge in [-0.25, -0.2) is 4.40 Å². The van der Waals surface area contributed by atoms with Crippen LogP contribution < -0.4 is 10.6 Å². The van der Waals surface area contributed by atoms with Gasteiger partial charge in [-0.3, -0.25) is 4.79 Å². The minimum absolute atomic E-state index is 0.0160. The number of ketones is 1. The van der Waals surface area contributed by atoms with Crippen molar-refractivity contribution in [2.75, 3.05) is 29.5 Å². The van der Waals surface area contributed by atoms with Gasteiger partial charge in [0, 0.05) is 23.5 Å². The molecule has 0 aliphatic heterocycles. The number of carbonyl (C=O) groups excluding carboxylic acids is 1. The molecule has 0 amide bonds. The van der Waals surface area contributed by atoms with Crippen LogP contribution in [0, 0.1) is 0 Å². The van der Waals surface area contributed by atoms with E-state index in [9.17, 15) is 13.6 Å². The number of rotatable bonds is 10. The standard InChI is InChI=1S/C17H19F2N7OS2/c1-3-20-14-22-15(21-4-2)26-16(23-14)24-25-17(26)28-9-11(27)10-7-5-6-8-12(10)29-13(18)19/h5-8,13H,3-4,9H2,1-2H3,(H2,20,21,22,23,24). The smallest absolute Gasteiger partial charge is 0.288 e. The number of halogens is 2. The van der Waals surface area contributed by atoms with Crippen LogP contribution in [0.15, 0.2) is 34.3 Å². The topological polar surface area (TPSA) is 97.1 Å². The highest BCUT2D eigenvalue weighted by molar-refractivity contribution is 8.00. The van der Waals surface area contributed by atoms with E-state index >= 15 is 0 Å². The summed E-state index contributed by atoms with van der Waals surface area (Å²) in [6.07, 6.45) is 0. The van der Waals surface area contributed by atoms with Gasteiger partial charge in [-0.15, -0.1) is 10.2 Å². The summed E-state index contributed by atoms with van der Waals surface area (Å²) in [7, 11) is 0. The van der Waals surface area contributed by atoms with E-state index in [4.69, 9.17) is 0 Å². The fourth-order valence-corrected chi connectivity index (χ4v) is 3.97. The first-order valence-corrected chi connectivity index (χ1v) is 10.7. The molecule has 2 N–H and O–H groups in total. The molecule has 0 bridgehead atoms. The Morgan fingerprint density at radius 2 is 1.90 bits per heavy atom. The molecule has 0 saturated heterocycles. The molecule has 0 aliphatic rings. The van der Waals surface area contributed by atoms with E-state index in [2.05, 4.69) is 30.8 Å². The zero-order valence-electron chi connectivity index (χ0n) is 15.7. The zero-order chi connectivity index (χ0) is 20.8. The Morgan fingerprint density at radius 3 is 2.62 bits per heavy atom. The Bertz CT molecular complexity index is 999. The van der Waals surface area contributed by atoms with Crippen LogP contribution >= 0.6 is 23.5 Å². The van der Waals surface area contributed by atoms with E-state index in [0.29, 0.717) is 47.7 Å². The van der Waals surface area contributed by atoms with Crippen LogP contribution in [0.5, 0.6) is 0 Å². The summed E-state index contributed by atoms with van der Waals surface area (Å²) in [4.78, 5) is 21.6. The number of hydrogen-bond acceptors (Lipinski definition) is 9. The molecule has 12 heteroatoms. The zero-order valence-corrected chi connectivity index (χ0v) is 17.4. The highest BCUT2D eigenvalue weighted by Crippen LogP contribution is 2.30. The number of nitrogens with zero attached hydrogens (tertiary/aromatic N) is 5. The molecule has 2 aromatic heterocycles. The molecule has 0 aliphatic carbocycles. The summed E-state index contributed by atoms with van der Waals surface area (Å²) >= 11 is 1.51. The number of alkyl halides is 2. The van der Waals surface area contributed by atoms with Gasteiger partial charge < -0.3 is 10.6 Å². The maximum atomic E-state index is 12.8. The number of carbonyl (C=O) groups is 1. The van der Waals surface area contributed by atoms with Gasteiger partial charge >= 0.3 is 0 Å². The lowest BCUT2D eigenvalue weighted by Gasteiger charge is -2.10. The van der Waals surface area contributed by atoms with Gasteiger partial charge in [0.1, 0.15) is 0 Å².